The predicted octanol–water partition coefficient (Wildman–Crippen LogP) is 1.59. The van der Waals surface area contributed by atoms with Crippen molar-refractivity contribution in [3.05, 3.63) is 0 Å². The first-order valence-electron chi connectivity index (χ1n) is 8.94. The molecule has 4 aromatic rings. The van der Waals surface area contributed by atoms with Crippen LogP contribution in [0.25, 0.3) is 44.5 Å². The number of hydrogen-bond donors (Lipinski definition) is 4. The number of hydrogen-bond acceptors (Lipinski definition) is 8. The van der Waals surface area contributed by atoms with Crippen LogP contribution in [0.15, 0.2) is 0 Å². The molecule has 8 heterocycles. The molecular formula is C16H4B4N4S4. The molecular weight excluding hydrogens is 420 g/mol. The maximum atomic E-state index is 3.59. The molecule has 4 aliphatic heterocycles. The minimum absolute atomic E-state index is 1.26. The van der Waals surface area contributed by atoms with Crippen LogP contribution in [0.3, 0.4) is 0 Å². The quantitative estimate of drug-likeness (QED) is 0.286. The lowest BCUT2D eigenvalue weighted by atomic mass is 9.68. The van der Waals surface area contributed by atoms with Gasteiger partial charge in [-0.05, 0) is 0 Å². The SMILES string of the molecule is [B]1Nc2sc3c4c2-c2c1sc1c2-c2c(sc5c2-c2c(sc(c2-4)N[B]3)[B]N5)[B]N1. The van der Waals surface area contributed by atoms with Crippen molar-refractivity contribution >= 4 is 114 Å². The van der Waals surface area contributed by atoms with Gasteiger partial charge < -0.3 is 20.9 Å². The maximum absolute atomic E-state index is 3.59. The first-order chi connectivity index (χ1) is 13.9. The van der Waals surface area contributed by atoms with E-state index in [1.165, 1.54) is 83.6 Å². The number of rotatable bonds is 0. The summed E-state index contributed by atoms with van der Waals surface area (Å²) >= 11 is 7.41. The molecule has 12 heteroatoms. The van der Waals surface area contributed by atoms with Crippen molar-refractivity contribution in [2.45, 2.75) is 0 Å². The van der Waals surface area contributed by atoms with Crippen LogP contribution in [0.1, 0.15) is 0 Å². The average Bonchev–Trinajstić information content (AvgIpc) is 3.42. The Morgan fingerprint density at radius 2 is 0.607 bits per heavy atom. The van der Waals surface area contributed by atoms with E-state index in [0.29, 0.717) is 0 Å². The zero-order chi connectivity index (χ0) is 17.7. The summed E-state index contributed by atoms with van der Waals surface area (Å²) in [5, 5.41) is 19.4. The molecule has 0 saturated heterocycles. The molecule has 4 radical (unpaired) electrons. The first kappa shape index (κ1) is 14.3. The van der Waals surface area contributed by atoms with Crippen LogP contribution in [0, 0.1) is 0 Å². The summed E-state index contributed by atoms with van der Waals surface area (Å²) in [4.78, 5) is 0. The normalized spacial score (nSPS) is 16.0. The van der Waals surface area contributed by atoms with Gasteiger partial charge in [-0.15, -0.1) is 45.3 Å². The molecule has 0 unspecified atom stereocenters. The highest BCUT2D eigenvalue weighted by Gasteiger charge is 2.43. The minimum atomic E-state index is 1.26. The Bertz CT molecular complexity index is 1100. The van der Waals surface area contributed by atoms with Crippen molar-refractivity contribution in [2.75, 3.05) is 20.9 Å². The van der Waals surface area contributed by atoms with Gasteiger partial charge in [0, 0.05) is 63.6 Å². The third kappa shape index (κ3) is 1.36. The fraction of sp³-hybridized carbons (Fsp3) is 0. The van der Waals surface area contributed by atoms with Crippen LogP contribution in [0.5, 0.6) is 0 Å². The van der Waals surface area contributed by atoms with Crippen LogP contribution in [-0.4, -0.2) is 29.7 Å². The molecule has 9 rings (SSSR count). The zero-order valence-electron chi connectivity index (χ0n) is 13.9. The molecule has 4 nitrogen and oxygen atoms in total. The summed E-state index contributed by atoms with van der Waals surface area (Å²) in [5.74, 6) is 0. The van der Waals surface area contributed by atoms with Crippen molar-refractivity contribution in [1.82, 2.24) is 0 Å². The van der Waals surface area contributed by atoms with Gasteiger partial charge in [0.2, 0.25) is 0 Å². The molecule has 0 atom stereocenters. The van der Waals surface area contributed by atoms with Gasteiger partial charge in [-0.2, -0.15) is 0 Å². The van der Waals surface area contributed by atoms with Gasteiger partial charge in [0.25, 0.3) is 29.7 Å². The summed E-state index contributed by atoms with van der Waals surface area (Å²) in [6.45, 7) is 0. The second kappa shape index (κ2) is 4.38. The lowest BCUT2D eigenvalue weighted by molar-refractivity contribution is 1.65. The molecule has 0 bridgehead atoms. The van der Waals surface area contributed by atoms with Gasteiger partial charge in [-0.25, -0.2) is 0 Å². The zero-order valence-corrected chi connectivity index (χ0v) is 17.2. The average molecular weight is 424 g/mol. The van der Waals surface area contributed by atoms with E-state index in [2.05, 4.69) is 50.6 Å². The smallest absolute Gasteiger partial charge is 0.295 e. The van der Waals surface area contributed by atoms with E-state index >= 15 is 0 Å². The van der Waals surface area contributed by atoms with Gasteiger partial charge in [-0.3, -0.25) is 0 Å². The van der Waals surface area contributed by atoms with Crippen molar-refractivity contribution in [1.29, 1.82) is 0 Å². The van der Waals surface area contributed by atoms with Crippen LogP contribution in [-0.2, 0) is 0 Å². The Morgan fingerprint density at radius 3 is 0.857 bits per heavy atom. The maximum Gasteiger partial charge on any atom is 0.295 e. The molecule has 124 valence electrons. The van der Waals surface area contributed by atoms with Crippen molar-refractivity contribution in [3.63, 3.8) is 0 Å². The van der Waals surface area contributed by atoms with Crippen LogP contribution in [0.2, 0.25) is 0 Å². The van der Waals surface area contributed by atoms with Crippen molar-refractivity contribution in [2.24, 2.45) is 0 Å². The Morgan fingerprint density at radius 1 is 0.357 bits per heavy atom. The van der Waals surface area contributed by atoms with E-state index in [0.717, 1.165) is 0 Å². The highest BCUT2D eigenvalue weighted by atomic mass is 32.1. The molecule has 0 saturated carbocycles. The van der Waals surface area contributed by atoms with E-state index in [1.54, 1.807) is 0 Å². The van der Waals surface area contributed by atoms with Crippen LogP contribution in [0.4, 0.5) is 20.0 Å². The Balaban J connectivity index is 1.61. The summed E-state index contributed by atoms with van der Waals surface area (Å²) in [7, 11) is 8.74. The van der Waals surface area contributed by atoms with E-state index in [9.17, 15) is 0 Å². The number of nitrogens with one attached hydrogen (secondary N) is 4. The molecule has 28 heavy (non-hydrogen) atoms. The predicted molar refractivity (Wildman–Crippen MR) is 129 cm³/mol. The summed E-state index contributed by atoms with van der Waals surface area (Å²) < 4.78 is 5.28. The minimum Gasteiger partial charge on any atom is -0.418 e. The lowest BCUT2D eigenvalue weighted by Crippen LogP contribution is -2.29. The number of anilines is 4. The molecule has 0 aromatic carbocycles. The second-order valence-corrected chi connectivity index (χ2v) is 11.5. The summed E-state index contributed by atoms with van der Waals surface area (Å²) in [6, 6.07) is 0. The molecule has 5 aliphatic rings. The van der Waals surface area contributed by atoms with Gasteiger partial charge in [0.05, 0.1) is 20.0 Å². The first-order valence-corrected chi connectivity index (χ1v) is 12.2. The Hall–Kier alpha value is -1.74. The molecule has 0 fully saturated rings. The van der Waals surface area contributed by atoms with Gasteiger partial charge in [0.15, 0.2) is 0 Å². The highest BCUT2D eigenvalue weighted by molar-refractivity contribution is 7.33. The van der Waals surface area contributed by atoms with Crippen LogP contribution < -0.4 is 40.0 Å². The molecule has 4 N–H and O–H groups in total. The van der Waals surface area contributed by atoms with Gasteiger partial charge in [0.1, 0.15) is 0 Å². The third-order valence-corrected chi connectivity index (χ3v) is 10.4. The molecule has 0 amide bonds. The van der Waals surface area contributed by atoms with E-state index < -0.39 is 0 Å². The number of thiophene rings is 4. The van der Waals surface area contributed by atoms with Crippen molar-refractivity contribution < 1.29 is 0 Å². The standard InChI is InChI=1S/C16H4B4N4S4/c17-9-1-5-2-7-4-8-3-6(1)14(21-17)26-10(3)19-23-16(8)28-12(4)20-24-15(7)27-11(2)18-22-13(5)25-9/h21-24H. The Labute approximate surface area is 178 Å². The highest BCUT2D eigenvalue weighted by Crippen LogP contribution is 2.60. The van der Waals surface area contributed by atoms with Gasteiger partial charge in [-0.1, -0.05) is 0 Å². The second-order valence-electron chi connectivity index (χ2n) is 7.34. The third-order valence-electron chi connectivity index (χ3n) is 6.08. The lowest BCUT2D eigenvalue weighted by Gasteiger charge is -2.26. The van der Waals surface area contributed by atoms with Crippen LogP contribution >= 0.6 is 45.3 Å². The fourth-order valence-electron chi connectivity index (χ4n) is 5.08. The fourth-order valence-corrected chi connectivity index (χ4v) is 9.35. The van der Waals surface area contributed by atoms with E-state index in [1.807, 2.05) is 45.3 Å². The molecule has 0 spiro atoms. The summed E-state index contributed by atoms with van der Waals surface area (Å²) in [6.07, 6.45) is 0. The van der Waals surface area contributed by atoms with E-state index in [4.69, 9.17) is 0 Å². The topological polar surface area (TPSA) is 48.1 Å². The summed E-state index contributed by atoms with van der Waals surface area (Å²) in [5.41, 5.74) is 11.2. The molecule has 1 aliphatic carbocycles. The Kier molecular flexibility index (Phi) is 2.23. The van der Waals surface area contributed by atoms with Crippen molar-refractivity contribution in [3.8, 4) is 44.5 Å². The molecule has 4 aromatic heterocycles. The largest absolute Gasteiger partial charge is 0.418 e. The monoisotopic (exact) mass is 424 g/mol. The van der Waals surface area contributed by atoms with E-state index in [-0.39, 0.29) is 0 Å². The van der Waals surface area contributed by atoms with Gasteiger partial charge >= 0.3 is 0 Å².